The summed E-state index contributed by atoms with van der Waals surface area (Å²) in [5, 5.41) is 6.26. The number of hydrogen-bond acceptors (Lipinski definition) is 3. The van der Waals surface area contributed by atoms with Gasteiger partial charge in [0, 0.05) is 24.8 Å². The summed E-state index contributed by atoms with van der Waals surface area (Å²) < 4.78 is 41.4. The lowest BCUT2D eigenvalue weighted by atomic mass is 10.0. The molecule has 1 unspecified atom stereocenters. The predicted molar refractivity (Wildman–Crippen MR) is 85.0 cm³/mol. The molecule has 1 N–H and O–H groups in total. The van der Waals surface area contributed by atoms with E-state index < -0.39 is 17.8 Å². The number of likely N-dealkylation sites (tertiary alicyclic amines) is 1. The van der Waals surface area contributed by atoms with Gasteiger partial charge in [-0.15, -0.1) is 0 Å². The Morgan fingerprint density at radius 2 is 2.08 bits per heavy atom. The van der Waals surface area contributed by atoms with Crippen LogP contribution in [0.1, 0.15) is 61.4 Å². The Morgan fingerprint density at radius 1 is 1.42 bits per heavy atom. The molecule has 1 aromatic heterocycles. The Balaban J connectivity index is 2.42. The number of carbonyl (C=O) groups is 1. The SMILES string of the molecule is CCNC(=O)c1c(C(F)(F)F)nn(C2CCCN(C(C)C)C2)c1C. The van der Waals surface area contributed by atoms with E-state index in [1.165, 1.54) is 4.68 Å². The van der Waals surface area contributed by atoms with E-state index >= 15 is 0 Å². The van der Waals surface area contributed by atoms with Crippen molar-refractivity contribution in [2.24, 2.45) is 0 Å². The Labute approximate surface area is 140 Å². The van der Waals surface area contributed by atoms with Crippen molar-refractivity contribution in [3.63, 3.8) is 0 Å². The maximum absolute atomic E-state index is 13.3. The molecule has 1 aliphatic rings. The number of halogens is 3. The van der Waals surface area contributed by atoms with E-state index in [1.807, 2.05) is 0 Å². The minimum absolute atomic E-state index is 0.148. The van der Waals surface area contributed by atoms with E-state index in [9.17, 15) is 18.0 Å². The molecule has 5 nitrogen and oxygen atoms in total. The van der Waals surface area contributed by atoms with Crippen LogP contribution in [-0.4, -0.2) is 46.3 Å². The van der Waals surface area contributed by atoms with Gasteiger partial charge >= 0.3 is 6.18 Å². The van der Waals surface area contributed by atoms with Gasteiger partial charge in [-0.25, -0.2) is 0 Å². The first-order valence-electron chi connectivity index (χ1n) is 8.35. The van der Waals surface area contributed by atoms with Crippen LogP contribution in [0.4, 0.5) is 13.2 Å². The molecular formula is C16H25F3N4O. The molecule has 0 aliphatic carbocycles. The zero-order chi connectivity index (χ0) is 18.1. The summed E-state index contributed by atoms with van der Waals surface area (Å²) in [5.74, 6) is -0.717. The third-order valence-corrected chi connectivity index (χ3v) is 4.49. The molecule has 1 aliphatic heterocycles. The molecule has 1 amide bonds. The van der Waals surface area contributed by atoms with E-state index in [0.29, 0.717) is 12.6 Å². The first-order valence-corrected chi connectivity index (χ1v) is 8.35. The fraction of sp³-hybridized carbons (Fsp3) is 0.750. The predicted octanol–water partition coefficient (Wildman–Crippen LogP) is 3.01. The highest BCUT2D eigenvalue weighted by Crippen LogP contribution is 2.34. The molecule has 0 radical (unpaired) electrons. The lowest BCUT2D eigenvalue weighted by Gasteiger charge is -2.35. The van der Waals surface area contributed by atoms with Crippen LogP contribution in [0, 0.1) is 6.92 Å². The van der Waals surface area contributed by atoms with Gasteiger partial charge in [-0.2, -0.15) is 18.3 Å². The number of piperidine rings is 1. The maximum Gasteiger partial charge on any atom is 0.435 e. The molecule has 1 fully saturated rings. The van der Waals surface area contributed by atoms with Gasteiger partial charge in [0.2, 0.25) is 0 Å². The summed E-state index contributed by atoms with van der Waals surface area (Å²) >= 11 is 0. The lowest BCUT2D eigenvalue weighted by Crippen LogP contribution is -2.41. The van der Waals surface area contributed by atoms with E-state index in [-0.39, 0.29) is 23.8 Å². The molecule has 136 valence electrons. The number of hydrogen-bond donors (Lipinski definition) is 1. The van der Waals surface area contributed by atoms with Crippen molar-refractivity contribution in [3.05, 3.63) is 17.0 Å². The van der Waals surface area contributed by atoms with Crippen LogP contribution in [0.25, 0.3) is 0 Å². The molecule has 0 aromatic carbocycles. The van der Waals surface area contributed by atoms with Gasteiger partial charge in [-0.05, 0) is 47.1 Å². The van der Waals surface area contributed by atoms with Gasteiger partial charge in [-0.3, -0.25) is 14.4 Å². The maximum atomic E-state index is 13.3. The van der Waals surface area contributed by atoms with Crippen molar-refractivity contribution in [1.82, 2.24) is 20.0 Å². The summed E-state index contributed by atoms with van der Waals surface area (Å²) in [6, 6.07) is 0.180. The standard InChI is InChI=1S/C16H25F3N4O/c1-5-20-15(24)13-11(4)23(21-14(13)16(17,18)19)12-7-6-8-22(9-12)10(2)3/h10,12H,5-9H2,1-4H3,(H,20,24). The van der Waals surface area contributed by atoms with Crippen molar-refractivity contribution in [2.75, 3.05) is 19.6 Å². The zero-order valence-electron chi connectivity index (χ0n) is 14.6. The third kappa shape index (κ3) is 3.74. The highest BCUT2D eigenvalue weighted by Gasteiger charge is 2.41. The topological polar surface area (TPSA) is 50.2 Å². The molecule has 1 atom stereocenters. The number of nitrogens with one attached hydrogen (secondary N) is 1. The van der Waals surface area contributed by atoms with Crippen molar-refractivity contribution in [3.8, 4) is 0 Å². The molecule has 2 heterocycles. The van der Waals surface area contributed by atoms with Crippen LogP contribution in [0.3, 0.4) is 0 Å². The largest absolute Gasteiger partial charge is 0.435 e. The number of carbonyl (C=O) groups excluding carboxylic acids is 1. The van der Waals surface area contributed by atoms with Crippen molar-refractivity contribution in [2.45, 2.75) is 58.8 Å². The fourth-order valence-electron chi connectivity index (χ4n) is 3.25. The Hall–Kier alpha value is -1.57. The van der Waals surface area contributed by atoms with Gasteiger partial charge in [0.15, 0.2) is 5.69 Å². The van der Waals surface area contributed by atoms with Crippen molar-refractivity contribution < 1.29 is 18.0 Å². The second-order valence-corrected chi connectivity index (χ2v) is 6.50. The van der Waals surface area contributed by atoms with Gasteiger partial charge in [0.05, 0.1) is 11.6 Å². The van der Waals surface area contributed by atoms with Crippen LogP contribution in [0.5, 0.6) is 0 Å². The highest BCUT2D eigenvalue weighted by atomic mass is 19.4. The summed E-state index contributed by atoms with van der Waals surface area (Å²) in [5.41, 5.74) is -1.16. The van der Waals surface area contributed by atoms with Crippen LogP contribution in [0.2, 0.25) is 0 Å². The summed E-state index contributed by atoms with van der Waals surface area (Å²) in [4.78, 5) is 14.4. The van der Waals surface area contributed by atoms with Gasteiger partial charge < -0.3 is 5.32 Å². The molecule has 8 heteroatoms. The average molecular weight is 346 g/mol. The summed E-state index contributed by atoms with van der Waals surface area (Å²) in [6.45, 7) is 9.20. The van der Waals surface area contributed by atoms with E-state index in [1.54, 1.807) is 13.8 Å². The van der Waals surface area contributed by atoms with Crippen LogP contribution < -0.4 is 5.32 Å². The van der Waals surface area contributed by atoms with E-state index in [2.05, 4.69) is 29.2 Å². The number of aromatic nitrogens is 2. The Bertz CT molecular complexity index is 595. The van der Waals surface area contributed by atoms with Gasteiger partial charge in [-0.1, -0.05) is 0 Å². The second-order valence-electron chi connectivity index (χ2n) is 6.50. The summed E-state index contributed by atoms with van der Waals surface area (Å²) in [7, 11) is 0. The molecule has 0 spiro atoms. The zero-order valence-corrected chi connectivity index (χ0v) is 14.6. The lowest BCUT2D eigenvalue weighted by molar-refractivity contribution is -0.142. The smallest absolute Gasteiger partial charge is 0.352 e. The fourth-order valence-corrected chi connectivity index (χ4v) is 3.25. The Kier molecular flexibility index (Phi) is 5.57. The summed E-state index contributed by atoms with van der Waals surface area (Å²) in [6.07, 6.45) is -2.99. The molecule has 1 aromatic rings. The molecular weight excluding hydrogens is 321 g/mol. The minimum atomic E-state index is -4.65. The van der Waals surface area contributed by atoms with Crippen molar-refractivity contribution in [1.29, 1.82) is 0 Å². The highest BCUT2D eigenvalue weighted by molar-refractivity contribution is 5.96. The number of nitrogens with zero attached hydrogens (tertiary/aromatic N) is 3. The third-order valence-electron chi connectivity index (χ3n) is 4.49. The number of rotatable bonds is 4. The minimum Gasteiger partial charge on any atom is -0.352 e. The molecule has 1 saturated heterocycles. The van der Waals surface area contributed by atoms with Crippen LogP contribution >= 0.6 is 0 Å². The average Bonchev–Trinajstić information content (AvgIpc) is 2.85. The number of amides is 1. The van der Waals surface area contributed by atoms with Gasteiger partial charge in [0.25, 0.3) is 5.91 Å². The van der Waals surface area contributed by atoms with Gasteiger partial charge in [0.1, 0.15) is 0 Å². The Morgan fingerprint density at radius 3 is 2.62 bits per heavy atom. The molecule has 2 rings (SSSR count). The number of alkyl halides is 3. The van der Waals surface area contributed by atoms with Crippen LogP contribution in [0.15, 0.2) is 0 Å². The monoisotopic (exact) mass is 346 g/mol. The quantitative estimate of drug-likeness (QED) is 0.912. The van der Waals surface area contributed by atoms with E-state index in [0.717, 1.165) is 19.4 Å². The first kappa shape index (κ1) is 18.8. The molecule has 24 heavy (non-hydrogen) atoms. The molecule has 0 bridgehead atoms. The van der Waals surface area contributed by atoms with Crippen LogP contribution in [-0.2, 0) is 6.18 Å². The molecule has 0 saturated carbocycles. The normalized spacial score (nSPS) is 19.8. The second kappa shape index (κ2) is 7.13. The van der Waals surface area contributed by atoms with Crippen molar-refractivity contribution >= 4 is 5.91 Å². The van der Waals surface area contributed by atoms with E-state index in [4.69, 9.17) is 0 Å². The first-order chi connectivity index (χ1) is 11.2.